The molecule has 1 aromatic rings. The normalized spacial score (nSPS) is 12.5. The van der Waals surface area contributed by atoms with Crippen molar-refractivity contribution < 1.29 is 9.90 Å². The second-order valence-electron chi connectivity index (χ2n) is 2.49. The van der Waals surface area contributed by atoms with Crippen molar-refractivity contribution in [3.8, 4) is 0 Å². The molecule has 5 heteroatoms. The quantitative estimate of drug-likeness (QED) is 0.688. The highest BCUT2D eigenvalue weighted by atomic mass is 16.4. The van der Waals surface area contributed by atoms with E-state index in [-0.39, 0.29) is 0 Å². The number of hydrogen-bond acceptors (Lipinski definition) is 4. The molecule has 0 aliphatic heterocycles. The molecule has 0 saturated heterocycles. The lowest BCUT2D eigenvalue weighted by Crippen LogP contribution is -2.10. The van der Waals surface area contributed by atoms with Crippen LogP contribution in [-0.2, 0) is 4.79 Å². The number of aliphatic carboxylic acids is 1. The summed E-state index contributed by atoms with van der Waals surface area (Å²) >= 11 is 0. The fourth-order valence-corrected chi connectivity index (χ4v) is 0.745. The van der Waals surface area contributed by atoms with Gasteiger partial charge in [0.25, 0.3) is 0 Å². The van der Waals surface area contributed by atoms with Crippen LogP contribution in [0, 0.1) is 6.92 Å². The summed E-state index contributed by atoms with van der Waals surface area (Å²) in [6.07, 6.45) is 1.37. The van der Waals surface area contributed by atoms with Gasteiger partial charge in [0.15, 0.2) is 0 Å². The molecule has 1 N–H and O–H groups in total. The van der Waals surface area contributed by atoms with Crippen molar-refractivity contribution in [1.29, 1.82) is 0 Å². The Morgan fingerprint density at radius 2 is 2.33 bits per heavy atom. The molecule has 0 spiro atoms. The van der Waals surface area contributed by atoms with Crippen molar-refractivity contribution >= 4 is 5.97 Å². The molecule has 1 unspecified atom stereocenters. The van der Waals surface area contributed by atoms with E-state index in [4.69, 9.17) is 5.11 Å². The predicted molar refractivity (Wildman–Crippen MR) is 40.6 cm³/mol. The molecule has 0 bridgehead atoms. The third kappa shape index (κ3) is 1.75. The highest BCUT2D eigenvalue weighted by Crippen LogP contribution is 2.10. The Balaban J connectivity index is 2.95. The zero-order valence-electron chi connectivity index (χ0n) is 6.85. The first-order chi connectivity index (χ1) is 5.61. The van der Waals surface area contributed by atoms with E-state index in [1.165, 1.54) is 6.20 Å². The SMILES string of the molecule is Cc1nncc(C(C)C(=O)O)n1. The van der Waals surface area contributed by atoms with Crippen LogP contribution in [0.2, 0.25) is 0 Å². The summed E-state index contributed by atoms with van der Waals surface area (Å²) in [5, 5.41) is 15.9. The third-order valence-electron chi connectivity index (χ3n) is 1.50. The van der Waals surface area contributed by atoms with Gasteiger partial charge in [-0.2, -0.15) is 5.10 Å². The van der Waals surface area contributed by atoms with Crippen LogP contribution in [0.1, 0.15) is 24.4 Å². The van der Waals surface area contributed by atoms with Crippen LogP contribution in [-0.4, -0.2) is 26.3 Å². The minimum atomic E-state index is -0.907. The lowest BCUT2D eigenvalue weighted by molar-refractivity contribution is -0.138. The van der Waals surface area contributed by atoms with Gasteiger partial charge in [-0.3, -0.25) is 4.79 Å². The molecule has 1 rings (SSSR count). The zero-order valence-corrected chi connectivity index (χ0v) is 6.85. The molecule has 0 amide bonds. The molecule has 0 saturated carbocycles. The molecule has 1 aromatic heterocycles. The van der Waals surface area contributed by atoms with Crippen LogP contribution < -0.4 is 0 Å². The van der Waals surface area contributed by atoms with Crippen molar-refractivity contribution in [3.63, 3.8) is 0 Å². The van der Waals surface area contributed by atoms with E-state index >= 15 is 0 Å². The lowest BCUT2D eigenvalue weighted by Gasteiger charge is -2.03. The number of carbonyl (C=O) groups is 1. The van der Waals surface area contributed by atoms with Crippen molar-refractivity contribution in [1.82, 2.24) is 15.2 Å². The number of nitrogens with zero attached hydrogens (tertiary/aromatic N) is 3. The van der Waals surface area contributed by atoms with Crippen LogP contribution in [0.5, 0.6) is 0 Å². The first-order valence-corrected chi connectivity index (χ1v) is 3.50. The Morgan fingerprint density at radius 3 is 2.83 bits per heavy atom. The second-order valence-corrected chi connectivity index (χ2v) is 2.49. The van der Waals surface area contributed by atoms with Crippen molar-refractivity contribution in [2.75, 3.05) is 0 Å². The largest absolute Gasteiger partial charge is 0.481 e. The lowest BCUT2D eigenvalue weighted by atomic mass is 10.1. The van der Waals surface area contributed by atoms with Crippen LogP contribution in [0.4, 0.5) is 0 Å². The molecule has 64 valence electrons. The van der Waals surface area contributed by atoms with Gasteiger partial charge in [-0.25, -0.2) is 4.98 Å². The number of carboxylic acids is 1. The molecule has 0 radical (unpaired) electrons. The average molecular weight is 167 g/mol. The van der Waals surface area contributed by atoms with E-state index in [9.17, 15) is 4.79 Å². The summed E-state index contributed by atoms with van der Waals surface area (Å²) in [5.41, 5.74) is 0.440. The summed E-state index contributed by atoms with van der Waals surface area (Å²) in [4.78, 5) is 14.5. The second kappa shape index (κ2) is 3.25. The van der Waals surface area contributed by atoms with Crippen LogP contribution in [0.25, 0.3) is 0 Å². The van der Waals surface area contributed by atoms with Gasteiger partial charge in [0.2, 0.25) is 0 Å². The predicted octanol–water partition coefficient (Wildman–Crippen LogP) is 0.368. The summed E-state index contributed by atoms with van der Waals surface area (Å²) in [7, 11) is 0. The van der Waals surface area contributed by atoms with Gasteiger partial charge in [0.1, 0.15) is 5.82 Å². The van der Waals surface area contributed by atoms with Gasteiger partial charge in [-0.05, 0) is 13.8 Å². The molecule has 0 aromatic carbocycles. The monoisotopic (exact) mass is 167 g/mol. The first kappa shape index (κ1) is 8.58. The maximum Gasteiger partial charge on any atom is 0.312 e. The van der Waals surface area contributed by atoms with Crippen LogP contribution in [0.3, 0.4) is 0 Å². The minimum absolute atomic E-state index is 0.440. The topological polar surface area (TPSA) is 76.0 Å². The molecule has 0 aliphatic carbocycles. The molecule has 1 atom stereocenters. The number of aromatic nitrogens is 3. The molecule has 12 heavy (non-hydrogen) atoms. The number of hydrogen-bond donors (Lipinski definition) is 1. The standard InChI is InChI=1S/C7H9N3O2/c1-4(7(11)12)6-3-8-10-5(2)9-6/h3-4H,1-2H3,(H,11,12). The molecular weight excluding hydrogens is 158 g/mol. The van der Waals surface area contributed by atoms with Gasteiger partial charge in [0, 0.05) is 0 Å². The third-order valence-corrected chi connectivity index (χ3v) is 1.50. The van der Waals surface area contributed by atoms with Gasteiger partial charge in [-0.1, -0.05) is 0 Å². The first-order valence-electron chi connectivity index (χ1n) is 3.50. The van der Waals surface area contributed by atoms with Crippen molar-refractivity contribution in [3.05, 3.63) is 17.7 Å². The van der Waals surface area contributed by atoms with Crippen molar-refractivity contribution in [2.45, 2.75) is 19.8 Å². The Labute approximate surface area is 69.5 Å². The molecule has 0 fully saturated rings. The summed E-state index contributed by atoms with van der Waals surface area (Å²) in [6, 6.07) is 0. The van der Waals surface area contributed by atoms with Gasteiger partial charge in [0.05, 0.1) is 17.8 Å². The Kier molecular flexibility index (Phi) is 2.32. The number of carboxylic acid groups (broad SMARTS) is 1. The zero-order chi connectivity index (χ0) is 9.14. The van der Waals surface area contributed by atoms with Gasteiger partial charge in [-0.15, -0.1) is 5.10 Å². The van der Waals surface area contributed by atoms with Gasteiger partial charge >= 0.3 is 5.97 Å². The van der Waals surface area contributed by atoms with Crippen LogP contribution >= 0.6 is 0 Å². The molecule has 5 nitrogen and oxygen atoms in total. The smallest absolute Gasteiger partial charge is 0.312 e. The number of aryl methyl sites for hydroxylation is 1. The minimum Gasteiger partial charge on any atom is -0.481 e. The summed E-state index contributed by atoms with van der Waals surface area (Å²) in [5.74, 6) is -1.05. The maximum atomic E-state index is 10.5. The van der Waals surface area contributed by atoms with E-state index in [1.807, 2.05) is 0 Å². The molecular formula is C7H9N3O2. The maximum absolute atomic E-state index is 10.5. The molecule has 1 heterocycles. The van der Waals surface area contributed by atoms with Crippen LogP contribution in [0.15, 0.2) is 6.20 Å². The highest BCUT2D eigenvalue weighted by Gasteiger charge is 2.15. The van der Waals surface area contributed by atoms with Gasteiger partial charge < -0.3 is 5.11 Å². The summed E-state index contributed by atoms with van der Waals surface area (Å²) in [6.45, 7) is 3.23. The Bertz CT molecular complexity index is 300. The molecule has 0 aliphatic rings. The number of rotatable bonds is 2. The highest BCUT2D eigenvalue weighted by molar-refractivity contribution is 5.74. The van der Waals surface area contributed by atoms with Crippen molar-refractivity contribution in [2.24, 2.45) is 0 Å². The van der Waals surface area contributed by atoms with E-state index in [1.54, 1.807) is 13.8 Å². The Morgan fingerprint density at radius 1 is 1.67 bits per heavy atom. The van der Waals surface area contributed by atoms with E-state index in [0.717, 1.165) is 0 Å². The average Bonchev–Trinajstić information content (AvgIpc) is 2.03. The Hall–Kier alpha value is -1.52. The fourth-order valence-electron chi connectivity index (χ4n) is 0.745. The van der Waals surface area contributed by atoms with E-state index in [0.29, 0.717) is 11.5 Å². The summed E-state index contributed by atoms with van der Waals surface area (Å²) < 4.78 is 0. The fraction of sp³-hybridized carbons (Fsp3) is 0.429. The van der Waals surface area contributed by atoms with E-state index < -0.39 is 11.9 Å². The van der Waals surface area contributed by atoms with E-state index in [2.05, 4.69) is 15.2 Å².